The van der Waals surface area contributed by atoms with Gasteiger partial charge >= 0.3 is 6.09 Å². The molecule has 1 fully saturated rings. The first-order valence-electron chi connectivity index (χ1n) is 14.2. The van der Waals surface area contributed by atoms with Crippen LogP contribution in [0.15, 0.2) is 66.9 Å². The zero-order valence-electron chi connectivity index (χ0n) is 24.5. The minimum atomic E-state index is -0.502. The number of carbonyl (C=O) groups excluding carboxylic acids is 2. The van der Waals surface area contributed by atoms with Crippen LogP contribution in [-0.4, -0.2) is 76.5 Å². The molecule has 220 valence electrons. The first-order valence-corrected chi connectivity index (χ1v) is 14.5. The van der Waals surface area contributed by atoms with E-state index in [2.05, 4.69) is 20.6 Å². The van der Waals surface area contributed by atoms with Gasteiger partial charge in [-0.3, -0.25) is 9.69 Å². The van der Waals surface area contributed by atoms with E-state index in [1.54, 1.807) is 11.0 Å². The summed E-state index contributed by atoms with van der Waals surface area (Å²) in [7, 11) is 0. The van der Waals surface area contributed by atoms with Crippen molar-refractivity contribution in [2.45, 2.75) is 33.3 Å². The highest BCUT2D eigenvalue weighted by Gasteiger charge is 2.25. The van der Waals surface area contributed by atoms with E-state index in [1.165, 1.54) is 0 Å². The Morgan fingerprint density at radius 3 is 2.52 bits per heavy atom. The highest BCUT2D eigenvalue weighted by molar-refractivity contribution is 6.34. The van der Waals surface area contributed by atoms with Gasteiger partial charge in [0.15, 0.2) is 0 Å². The van der Waals surface area contributed by atoms with Crippen molar-refractivity contribution < 1.29 is 14.3 Å². The first kappa shape index (κ1) is 29.4. The van der Waals surface area contributed by atoms with Gasteiger partial charge in [0.25, 0.3) is 5.91 Å². The number of hydrogen-bond donors (Lipinski definition) is 2. The SMILES string of the molecule is Cc1cccc(Nc2ccc3c(cnn3-c3cccc(C(=O)NCCN4CCN(C(=O)OC(C)(C)C)CC4)c3)c2)c1Cl. The molecule has 1 saturated heterocycles. The van der Waals surface area contributed by atoms with Crippen molar-refractivity contribution in [1.82, 2.24) is 24.9 Å². The van der Waals surface area contributed by atoms with Gasteiger partial charge in [-0.2, -0.15) is 5.10 Å². The van der Waals surface area contributed by atoms with Gasteiger partial charge in [-0.1, -0.05) is 29.8 Å². The Bertz CT molecular complexity index is 1590. The molecular formula is C32H37ClN6O3. The van der Waals surface area contributed by atoms with E-state index in [-0.39, 0.29) is 12.0 Å². The van der Waals surface area contributed by atoms with Gasteiger partial charge in [0, 0.05) is 55.9 Å². The Labute approximate surface area is 251 Å². The van der Waals surface area contributed by atoms with Crippen molar-refractivity contribution in [2.75, 3.05) is 44.6 Å². The van der Waals surface area contributed by atoms with Crippen LogP contribution in [0.5, 0.6) is 0 Å². The maximum atomic E-state index is 13.0. The maximum absolute atomic E-state index is 13.0. The number of aromatic nitrogens is 2. The molecule has 0 spiro atoms. The van der Waals surface area contributed by atoms with Gasteiger partial charge in [0.05, 0.1) is 28.1 Å². The minimum absolute atomic E-state index is 0.137. The summed E-state index contributed by atoms with van der Waals surface area (Å²) in [5.74, 6) is -0.137. The molecular weight excluding hydrogens is 552 g/mol. The summed E-state index contributed by atoms with van der Waals surface area (Å²) in [4.78, 5) is 29.2. The van der Waals surface area contributed by atoms with Crippen molar-refractivity contribution in [3.05, 3.63) is 83.0 Å². The average Bonchev–Trinajstić information content (AvgIpc) is 3.38. The lowest BCUT2D eigenvalue weighted by atomic mass is 10.1. The molecule has 1 aliphatic rings. The van der Waals surface area contributed by atoms with Crippen LogP contribution in [0.1, 0.15) is 36.7 Å². The summed E-state index contributed by atoms with van der Waals surface area (Å²) in [5.41, 5.74) is 4.57. The molecule has 1 aliphatic heterocycles. The van der Waals surface area contributed by atoms with Crippen molar-refractivity contribution >= 4 is 45.9 Å². The topological polar surface area (TPSA) is 91.7 Å². The van der Waals surface area contributed by atoms with Crippen LogP contribution in [0.4, 0.5) is 16.2 Å². The van der Waals surface area contributed by atoms with Crippen molar-refractivity contribution in [3.63, 3.8) is 0 Å². The average molecular weight is 589 g/mol. The van der Waals surface area contributed by atoms with Crippen LogP contribution in [0.25, 0.3) is 16.6 Å². The quantitative estimate of drug-likeness (QED) is 0.275. The molecule has 2 amide bonds. The summed E-state index contributed by atoms with van der Waals surface area (Å²) < 4.78 is 7.30. The molecule has 0 atom stereocenters. The molecule has 5 rings (SSSR count). The zero-order chi connectivity index (χ0) is 29.9. The number of fused-ring (bicyclic) bond motifs is 1. The summed E-state index contributed by atoms with van der Waals surface area (Å²) >= 11 is 6.46. The summed E-state index contributed by atoms with van der Waals surface area (Å²) in [6.45, 7) is 11.5. The van der Waals surface area contributed by atoms with E-state index < -0.39 is 5.60 Å². The number of halogens is 1. The van der Waals surface area contributed by atoms with Crippen molar-refractivity contribution in [1.29, 1.82) is 0 Å². The fourth-order valence-corrected chi connectivity index (χ4v) is 5.08. The predicted octanol–water partition coefficient (Wildman–Crippen LogP) is 6.01. The third-order valence-corrected chi connectivity index (χ3v) is 7.63. The van der Waals surface area contributed by atoms with Crippen LogP contribution in [-0.2, 0) is 4.74 Å². The number of rotatable bonds is 7. The van der Waals surface area contributed by atoms with Gasteiger partial charge < -0.3 is 20.3 Å². The number of amides is 2. The summed E-state index contributed by atoms with van der Waals surface area (Å²) in [6.07, 6.45) is 1.54. The molecule has 42 heavy (non-hydrogen) atoms. The van der Waals surface area contributed by atoms with Crippen molar-refractivity contribution in [3.8, 4) is 5.69 Å². The number of piperazine rings is 1. The Balaban J connectivity index is 1.17. The molecule has 1 aromatic heterocycles. The summed E-state index contributed by atoms with van der Waals surface area (Å²) in [6, 6.07) is 19.4. The second-order valence-corrected chi connectivity index (χ2v) is 11.9. The zero-order valence-corrected chi connectivity index (χ0v) is 25.2. The number of nitrogens with one attached hydrogen (secondary N) is 2. The fourth-order valence-electron chi connectivity index (χ4n) is 4.90. The van der Waals surface area contributed by atoms with Gasteiger partial charge in [0.1, 0.15) is 5.60 Å². The first-order chi connectivity index (χ1) is 20.1. The standard InChI is InChI=1S/C32H37ClN6O3/c1-22-7-5-10-27(29(22)33)36-25-11-12-28-24(19-25)21-35-39(28)26-9-6-8-23(20-26)30(40)34-13-14-37-15-17-38(18-16-37)31(41)42-32(2,3)4/h5-12,19-21,36H,13-18H2,1-4H3,(H,34,40). The largest absolute Gasteiger partial charge is 0.444 e. The lowest BCUT2D eigenvalue weighted by Gasteiger charge is -2.35. The highest BCUT2D eigenvalue weighted by Crippen LogP contribution is 2.30. The molecule has 0 bridgehead atoms. The van der Waals surface area contributed by atoms with Crippen LogP contribution in [0, 0.1) is 6.92 Å². The number of nitrogens with zero attached hydrogens (tertiary/aromatic N) is 4. The van der Waals surface area contributed by atoms with E-state index in [9.17, 15) is 9.59 Å². The molecule has 0 saturated carbocycles. The number of carbonyl (C=O) groups is 2. The van der Waals surface area contributed by atoms with Gasteiger partial charge in [-0.15, -0.1) is 0 Å². The molecule has 0 aliphatic carbocycles. The molecule has 0 radical (unpaired) electrons. The number of ether oxygens (including phenoxy) is 1. The van der Waals surface area contributed by atoms with E-state index in [4.69, 9.17) is 16.3 Å². The van der Waals surface area contributed by atoms with E-state index in [0.717, 1.165) is 46.6 Å². The molecule has 2 N–H and O–H groups in total. The number of anilines is 2. The lowest BCUT2D eigenvalue weighted by molar-refractivity contribution is 0.0147. The Hall–Kier alpha value is -4.08. The van der Waals surface area contributed by atoms with Crippen LogP contribution in [0.2, 0.25) is 5.02 Å². The second-order valence-electron chi connectivity index (χ2n) is 11.5. The Morgan fingerprint density at radius 1 is 1.00 bits per heavy atom. The summed E-state index contributed by atoms with van der Waals surface area (Å²) in [5, 5.41) is 12.7. The Kier molecular flexibility index (Phi) is 8.70. The maximum Gasteiger partial charge on any atom is 0.410 e. The molecule has 4 aromatic rings. The Morgan fingerprint density at radius 2 is 1.76 bits per heavy atom. The molecule has 3 aromatic carbocycles. The normalized spacial score (nSPS) is 14.2. The lowest BCUT2D eigenvalue weighted by Crippen LogP contribution is -2.51. The molecule has 2 heterocycles. The fraction of sp³-hybridized carbons (Fsp3) is 0.344. The highest BCUT2D eigenvalue weighted by atomic mass is 35.5. The third kappa shape index (κ3) is 7.03. The predicted molar refractivity (Wildman–Crippen MR) is 167 cm³/mol. The number of hydrogen-bond acceptors (Lipinski definition) is 6. The van der Waals surface area contributed by atoms with Crippen LogP contribution < -0.4 is 10.6 Å². The minimum Gasteiger partial charge on any atom is -0.444 e. The van der Waals surface area contributed by atoms with E-state index >= 15 is 0 Å². The third-order valence-electron chi connectivity index (χ3n) is 7.13. The molecule has 9 nitrogen and oxygen atoms in total. The smallest absolute Gasteiger partial charge is 0.410 e. The number of aryl methyl sites for hydroxylation is 1. The van der Waals surface area contributed by atoms with Crippen LogP contribution in [0.3, 0.4) is 0 Å². The monoisotopic (exact) mass is 588 g/mol. The van der Waals surface area contributed by atoms with E-state index in [1.807, 2.05) is 93.2 Å². The van der Waals surface area contributed by atoms with E-state index in [0.29, 0.717) is 36.8 Å². The van der Waals surface area contributed by atoms with Crippen molar-refractivity contribution in [2.24, 2.45) is 0 Å². The molecule has 0 unspecified atom stereocenters. The van der Waals surface area contributed by atoms with Gasteiger partial charge in [-0.25, -0.2) is 9.48 Å². The van der Waals surface area contributed by atoms with Gasteiger partial charge in [0.2, 0.25) is 0 Å². The molecule has 10 heteroatoms. The van der Waals surface area contributed by atoms with Gasteiger partial charge in [-0.05, 0) is 75.7 Å². The second kappa shape index (κ2) is 12.4. The van der Waals surface area contributed by atoms with Crippen LogP contribution >= 0.6 is 11.6 Å². The number of benzene rings is 3.